The number of thioether (sulfide) groups is 1. The molecular weight excluding hydrogens is 488 g/mol. The number of nitrogens with zero attached hydrogens (tertiary/aromatic N) is 3. The molecule has 1 amide bonds. The van der Waals surface area contributed by atoms with Crippen molar-refractivity contribution in [2.45, 2.75) is 64.3 Å². The molecule has 4 rings (SSSR count). The highest BCUT2D eigenvalue weighted by molar-refractivity contribution is 7.99. The summed E-state index contributed by atoms with van der Waals surface area (Å²) in [6.45, 7) is 10.1. The molecule has 34 heavy (non-hydrogen) atoms. The molecule has 1 N–H and O–H groups in total. The third-order valence-corrected chi connectivity index (χ3v) is 8.36. The van der Waals surface area contributed by atoms with E-state index in [1.54, 1.807) is 17.4 Å². The summed E-state index contributed by atoms with van der Waals surface area (Å²) in [6.07, 6.45) is 5.48. The Balaban J connectivity index is 1.50. The van der Waals surface area contributed by atoms with Crippen LogP contribution in [0, 0.1) is 6.92 Å². The van der Waals surface area contributed by atoms with E-state index < -0.39 is 0 Å². The standard InChI is InChI=1S/C24H28N4O3S3/c1-5-10-28-21(16-11-15(4)32-12-16)26-27-24(28)33-13-19(29)25-22-20(23(30)31-14(2)3)17-8-6-7-9-18(17)34-22/h5,11-12,14H,1,6-10,13H2,2-4H3,(H,25,29). The van der Waals surface area contributed by atoms with Gasteiger partial charge in [-0.1, -0.05) is 17.8 Å². The zero-order chi connectivity index (χ0) is 24.2. The number of anilines is 1. The van der Waals surface area contributed by atoms with E-state index in [2.05, 4.69) is 40.5 Å². The van der Waals surface area contributed by atoms with Crippen LogP contribution in [0.15, 0.2) is 29.3 Å². The van der Waals surface area contributed by atoms with Crippen LogP contribution >= 0.6 is 34.4 Å². The molecule has 0 saturated heterocycles. The third kappa shape index (κ3) is 5.45. The summed E-state index contributed by atoms with van der Waals surface area (Å²) in [7, 11) is 0. The number of hydrogen-bond donors (Lipinski definition) is 1. The number of thiophene rings is 2. The highest BCUT2D eigenvalue weighted by Crippen LogP contribution is 2.39. The van der Waals surface area contributed by atoms with Gasteiger partial charge in [0.25, 0.3) is 0 Å². The summed E-state index contributed by atoms with van der Waals surface area (Å²) < 4.78 is 7.44. The van der Waals surface area contributed by atoms with Gasteiger partial charge in [0.05, 0.1) is 17.4 Å². The van der Waals surface area contributed by atoms with Gasteiger partial charge in [-0.3, -0.25) is 9.36 Å². The predicted octanol–water partition coefficient (Wildman–Crippen LogP) is 5.74. The Kier molecular flexibility index (Phi) is 7.90. The van der Waals surface area contributed by atoms with E-state index in [1.165, 1.54) is 32.9 Å². The van der Waals surface area contributed by atoms with E-state index in [-0.39, 0.29) is 23.7 Å². The number of nitrogens with one attached hydrogen (secondary N) is 1. The summed E-state index contributed by atoms with van der Waals surface area (Å²) in [4.78, 5) is 28.1. The number of ether oxygens (including phenoxy) is 1. The van der Waals surface area contributed by atoms with Crippen LogP contribution in [0.25, 0.3) is 11.4 Å². The highest BCUT2D eigenvalue weighted by atomic mass is 32.2. The first-order valence-electron chi connectivity index (χ1n) is 11.2. The lowest BCUT2D eigenvalue weighted by atomic mass is 9.95. The summed E-state index contributed by atoms with van der Waals surface area (Å²) in [5.74, 6) is 0.359. The van der Waals surface area contributed by atoms with Crippen molar-refractivity contribution in [2.75, 3.05) is 11.1 Å². The van der Waals surface area contributed by atoms with Crippen molar-refractivity contribution < 1.29 is 14.3 Å². The molecule has 3 heterocycles. The van der Waals surface area contributed by atoms with Gasteiger partial charge >= 0.3 is 5.97 Å². The second kappa shape index (κ2) is 10.9. The van der Waals surface area contributed by atoms with Gasteiger partial charge in [0.15, 0.2) is 11.0 Å². The average molecular weight is 517 g/mol. The van der Waals surface area contributed by atoms with E-state index in [4.69, 9.17) is 4.74 Å². The third-order valence-electron chi connectivity index (χ3n) is 5.32. The number of fused-ring (bicyclic) bond motifs is 1. The van der Waals surface area contributed by atoms with Crippen molar-refractivity contribution in [1.82, 2.24) is 14.8 Å². The maximum absolute atomic E-state index is 12.9. The number of aryl methyl sites for hydroxylation is 2. The fraction of sp³-hybridized carbons (Fsp3) is 0.417. The zero-order valence-electron chi connectivity index (χ0n) is 19.6. The summed E-state index contributed by atoms with van der Waals surface area (Å²) >= 11 is 4.47. The molecule has 1 aliphatic carbocycles. The van der Waals surface area contributed by atoms with Crippen LogP contribution in [0.5, 0.6) is 0 Å². The number of aromatic nitrogens is 3. The molecule has 0 aliphatic heterocycles. The number of esters is 1. The lowest BCUT2D eigenvalue weighted by molar-refractivity contribution is -0.113. The molecule has 0 spiro atoms. The largest absolute Gasteiger partial charge is 0.459 e. The van der Waals surface area contributed by atoms with E-state index in [0.29, 0.717) is 22.3 Å². The Labute approximate surface area is 211 Å². The minimum atomic E-state index is -0.362. The lowest BCUT2D eigenvalue weighted by Gasteiger charge is -2.14. The van der Waals surface area contributed by atoms with Crippen molar-refractivity contribution in [1.29, 1.82) is 0 Å². The Hall–Kier alpha value is -2.43. The normalized spacial score (nSPS) is 13.1. The van der Waals surface area contributed by atoms with Crippen LogP contribution in [-0.4, -0.2) is 38.5 Å². The first-order valence-corrected chi connectivity index (χ1v) is 13.9. The van der Waals surface area contributed by atoms with Gasteiger partial charge in [0, 0.05) is 27.2 Å². The Bertz CT molecular complexity index is 1210. The van der Waals surface area contributed by atoms with Crippen LogP contribution in [0.1, 0.15) is 52.4 Å². The quantitative estimate of drug-likeness (QED) is 0.222. The van der Waals surface area contributed by atoms with E-state index in [0.717, 1.165) is 42.6 Å². The number of rotatable bonds is 9. The number of amides is 1. The van der Waals surface area contributed by atoms with Crippen molar-refractivity contribution in [3.8, 4) is 11.4 Å². The van der Waals surface area contributed by atoms with E-state index in [1.807, 2.05) is 18.4 Å². The van der Waals surface area contributed by atoms with Gasteiger partial charge in [-0.05, 0) is 58.1 Å². The minimum absolute atomic E-state index is 0.152. The monoisotopic (exact) mass is 516 g/mol. The summed E-state index contributed by atoms with van der Waals surface area (Å²) in [6, 6.07) is 2.08. The molecule has 3 aromatic heterocycles. The van der Waals surface area contributed by atoms with Crippen LogP contribution < -0.4 is 5.32 Å². The smallest absolute Gasteiger partial charge is 0.341 e. The minimum Gasteiger partial charge on any atom is -0.459 e. The SMILES string of the molecule is C=CCn1c(SCC(=O)Nc2sc3c(c2C(=O)OC(C)C)CCCC3)nnc1-c1csc(C)c1. The Morgan fingerprint density at radius 2 is 2.12 bits per heavy atom. The molecule has 1 aliphatic rings. The molecular formula is C24H28N4O3S3. The Morgan fingerprint density at radius 1 is 1.32 bits per heavy atom. The van der Waals surface area contributed by atoms with Gasteiger partial charge in [0.1, 0.15) is 5.00 Å². The van der Waals surface area contributed by atoms with Crippen LogP contribution in [-0.2, 0) is 28.9 Å². The molecule has 0 bridgehead atoms. The predicted molar refractivity (Wildman–Crippen MR) is 139 cm³/mol. The number of hydrogen-bond acceptors (Lipinski definition) is 8. The second-order valence-corrected chi connectivity index (χ2v) is 11.5. The molecule has 0 atom stereocenters. The fourth-order valence-corrected chi connectivity index (χ4v) is 6.62. The second-order valence-electron chi connectivity index (χ2n) is 8.36. The van der Waals surface area contributed by atoms with Crippen LogP contribution in [0.4, 0.5) is 5.00 Å². The summed E-state index contributed by atoms with van der Waals surface area (Å²) in [5, 5.41) is 14.9. The molecule has 3 aromatic rings. The first-order chi connectivity index (χ1) is 16.4. The molecule has 0 saturated carbocycles. The molecule has 0 radical (unpaired) electrons. The molecule has 0 fully saturated rings. The first kappa shape index (κ1) is 24.7. The van der Waals surface area contributed by atoms with Crippen molar-refractivity contribution >= 4 is 51.3 Å². The maximum Gasteiger partial charge on any atom is 0.341 e. The van der Waals surface area contributed by atoms with Crippen molar-refractivity contribution in [2.24, 2.45) is 0 Å². The number of carbonyl (C=O) groups is 2. The number of carbonyl (C=O) groups excluding carboxylic acids is 2. The zero-order valence-corrected chi connectivity index (χ0v) is 22.0. The van der Waals surface area contributed by atoms with Gasteiger partial charge < -0.3 is 10.1 Å². The van der Waals surface area contributed by atoms with E-state index >= 15 is 0 Å². The van der Waals surface area contributed by atoms with Gasteiger partial charge in [-0.2, -0.15) is 0 Å². The molecule has 7 nitrogen and oxygen atoms in total. The van der Waals surface area contributed by atoms with Crippen LogP contribution in [0.2, 0.25) is 0 Å². The molecule has 0 aromatic carbocycles. The topological polar surface area (TPSA) is 86.1 Å². The van der Waals surface area contributed by atoms with Crippen LogP contribution in [0.3, 0.4) is 0 Å². The van der Waals surface area contributed by atoms with E-state index in [9.17, 15) is 9.59 Å². The van der Waals surface area contributed by atoms with Gasteiger partial charge in [-0.15, -0.1) is 39.4 Å². The van der Waals surface area contributed by atoms with Crippen molar-refractivity contribution in [3.63, 3.8) is 0 Å². The fourth-order valence-electron chi connectivity index (χ4n) is 3.90. The average Bonchev–Trinajstić information content (AvgIpc) is 3.48. The lowest BCUT2D eigenvalue weighted by Crippen LogP contribution is -2.19. The Morgan fingerprint density at radius 3 is 2.82 bits per heavy atom. The molecule has 10 heteroatoms. The number of allylic oxidation sites excluding steroid dienone is 1. The van der Waals surface area contributed by atoms with Gasteiger partial charge in [0.2, 0.25) is 5.91 Å². The summed E-state index contributed by atoms with van der Waals surface area (Å²) in [5.41, 5.74) is 2.56. The van der Waals surface area contributed by atoms with Gasteiger partial charge in [-0.25, -0.2) is 4.79 Å². The highest BCUT2D eigenvalue weighted by Gasteiger charge is 2.28. The maximum atomic E-state index is 12.9. The van der Waals surface area contributed by atoms with Crippen molar-refractivity contribution in [3.05, 3.63) is 45.0 Å². The molecule has 180 valence electrons. The molecule has 0 unspecified atom stereocenters.